The first-order chi connectivity index (χ1) is 9.45. The van der Waals surface area contributed by atoms with E-state index in [0.29, 0.717) is 13.0 Å². The number of nitrogens with zero attached hydrogens (tertiary/aromatic N) is 1. The molecule has 1 aromatic heterocycles. The van der Waals surface area contributed by atoms with Crippen molar-refractivity contribution in [3.8, 4) is 0 Å². The number of benzene rings is 1. The molecule has 0 spiro atoms. The summed E-state index contributed by atoms with van der Waals surface area (Å²) in [6, 6.07) is 8.25. The molecular weight excluding hydrogens is 288 g/mol. The van der Waals surface area contributed by atoms with Gasteiger partial charge >= 0.3 is 0 Å². The van der Waals surface area contributed by atoms with E-state index in [4.69, 9.17) is 12.2 Å². The highest BCUT2D eigenvalue weighted by Crippen LogP contribution is 2.16. The van der Waals surface area contributed by atoms with Gasteiger partial charge in [-0.05, 0) is 31.6 Å². The number of amides is 1. The van der Waals surface area contributed by atoms with Gasteiger partial charge in [-0.2, -0.15) is 0 Å². The molecule has 1 N–H and O–H groups in total. The maximum atomic E-state index is 12.2. The number of rotatable bonds is 4. The highest BCUT2D eigenvalue weighted by Gasteiger charge is 2.13. The third kappa shape index (κ3) is 3.77. The summed E-state index contributed by atoms with van der Waals surface area (Å²) < 4.78 is 0.728. The van der Waals surface area contributed by atoms with E-state index in [9.17, 15) is 4.79 Å². The zero-order chi connectivity index (χ0) is 14.7. The van der Waals surface area contributed by atoms with Gasteiger partial charge in [0.2, 0.25) is 5.91 Å². The quantitative estimate of drug-likeness (QED) is 0.876. The number of aromatic nitrogens is 1. The Kier molecular flexibility index (Phi) is 4.73. The fourth-order valence-corrected chi connectivity index (χ4v) is 3.22. The number of carbonyl (C=O) groups is 1. The van der Waals surface area contributed by atoms with Gasteiger partial charge in [-0.25, -0.2) is 0 Å². The number of nitrogens with one attached hydrogen (secondary N) is 1. The second-order valence-corrected chi connectivity index (χ2v) is 6.75. The number of hydrogen-bond donors (Lipinski definition) is 1. The molecule has 20 heavy (non-hydrogen) atoms. The molecule has 1 amide bonds. The van der Waals surface area contributed by atoms with Crippen LogP contribution in [0.25, 0.3) is 0 Å². The summed E-state index contributed by atoms with van der Waals surface area (Å²) >= 11 is 6.57. The van der Waals surface area contributed by atoms with Gasteiger partial charge < -0.3 is 9.88 Å². The van der Waals surface area contributed by atoms with E-state index < -0.39 is 0 Å². The first-order valence-corrected chi connectivity index (χ1v) is 7.66. The molecule has 1 heterocycles. The topological polar surface area (TPSA) is 36.1 Å². The third-order valence-electron chi connectivity index (χ3n) is 3.20. The second kappa shape index (κ2) is 6.33. The fourth-order valence-electron chi connectivity index (χ4n) is 1.93. The molecule has 106 valence electrons. The van der Waals surface area contributed by atoms with Gasteiger partial charge in [-0.15, -0.1) is 11.3 Å². The zero-order valence-corrected chi connectivity index (χ0v) is 13.5. The molecule has 3 nitrogen and oxygen atoms in total. The van der Waals surface area contributed by atoms with E-state index >= 15 is 0 Å². The number of thiazole rings is 1. The lowest BCUT2D eigenvalue weighted by Crippen LogP contribution is -2.27. The molecular formula is C15H18N2OS2. The van der Waals surface area contributed by atoms with Crippen LogP contribution in [-0.2, 0) is 17.8 Å². The molecule has 0 atom stereocenters. The molecule has 5 heteroatoms. The first kappa shape index (κ1) is 14.9. The predicted octanol–water partition coefficient (Wildman–Crippen LogP) is 3.62. The Morgan fingerprint density at radius 1 is 1.30 bits per heavy atom. The van der Waals surface area contributed by atoms with Crippen molar-refractivity contribution in [1.29, 1.82) is 0 Å². The van der Waals surface area contributed by atoms with E-state index in [1.54, 1.807) is 4.90 Å². The Hall–Kier alpha value is -1.46. The van der Waals surface area contributed by atoms with Crippen molar-refractivity contribution in [2.75, 3.05) is 7.05 Å². The van der Waals surface area contributed by atoms with Crippen LogP contribution in [0.3, 0.4) is 0 Å². The minimum atomic E-state index is 0.110. The summed E-state index contributed by atoms with van der Waals surface area (Å²) in [4.78, 5) is 18.1. The van der Waals surface area contributed by atoms with Crippen LogP contribution in [0.4, 0.5) is 0 Å². The van der Waals surface area contributed by atoms with E-state index in [-0.39, 0.29) is 5.91 Å². The minimum Gasteiger partial charge on any atom is -0.341 e. The smallest absolute Gasteiger partial charge is 0.227 e. The van der Waals surface area contributed by atoms with Crippen LogP contribution in [0.2, 0.25) is 0 Å². The second-order valence-electron chi connectivity index (χ2n) is 4.97. The molecule has 0 aliphatic carbocycles. The van der Waals surface area contributed by atoms with E-state index in [0.717, 1.165) is 20.1 Å². The standard InChI is InChI=1S/C15H18N2OS2/c1-10-4-6-12(7-5-10)9-17(3)14(18)8-13-11(2)16-15(19)20-13/h4-7H,8-9H2,1-3H3,(H,16,19). The van der Waals surface area contributed by atoms with E-state index in [1.165, 1.54) is 16.9 Å². The van der Waals surface area contributed by atoms with Crippen LogP contribution in [0.15, 0.2) is 24.3 Å². The van der Waals surface area contributed by atoms with Crippen molar-refractivity contribution in [2.24, 2.45) is 0 Å². The molecule has 0 saturated heterocycles. The van der Waals surface area contributed by atoms with Gasteiger partial charge in [0, 0.05) is 24.2 Å². The first-order valence-electron chi connectivity index (χ1n) is 6.44. The number of hydrogen-bond acceptors (Lipinski definition) is 3. The maximum Gasteiger partial charge on any atom is 0.227 e. The van der Waals surface area contributed by atoms with Crippen LogP contribution >= 0.6 is 23.6 Å². The summed E-state index contributed by atoms with van der Waals surface area (Å²) in [5.74, 6) is 0.110. The lowest BCUT2D eigenvalue weighted by molar-refractivity contribution is -0.129. The SMILES string of the molecule is Cc1ccc(CN(C)C(=O)Cc2sc(=S)[nH]c2C)cc1. The van der Waals surface area contributed by atoms with Gasteiger partial charge in [0.15, 0.2) is 3.95 Å². The number of carbonyl (C=O) groups excluding carboxylic acids is 1. The van der Waals surface area contributed by atoms with Crippen LogP contribution in [0.5, 0.6) is 0 Å². The summed E-state index contributed by atoms with van der Waals surface area (Å²) in [5, 5.41) is 0. The third-order valence-corrected chi connectivity index (χ3v) is 4.54. The Labute approximate surface area is 128 Å². The van der Waals surface area contributed by atoms with Crippen molar-refractivity contribution < 1.29 is 4.79 Å². The van der Waals surface area contributed by atoms with Crippen LogP contribution < -0.4 is 0 Å². The molecule has 0 saturated carbocycles. The van der Waals surface area contributed by atoms with E-state index in [1.807, 2.05) is 14.0 Å². The highest BCUT2D eigenvalue weighted by molar-refractivity contribution is 7.73. The Morgan fingerprint density at radius 2 is 1.95 bits per heavy atom. The predicted molar refractivity (Wildman–Crippen MR) is 85.6 cm³/mol. The molecule has 2 rings (SSSR count). The highest BCUT2D eigenvalue weighted by atomic mass is 32.1. The number of likely N-dealkylation sites (N-methyl/N-ethyl adjacent to an activating group) is 1. The number of aromatic amines is 1. The summed E-state index contributed by atoms with van der Waals surface area (Å²) in [6.45, 7) is 4.64. The normalized spacial score (nSPS) is 10.6. The largest absolute Gasteiger partial charge is 0.341 e. The molecule has 2 aromatic rings. The van der Waals surface area contributed by atoms with Gasteiger partial charge in [-0.1, -0.05) is 29.8 Å². The number of H-pyrrole nitrogens is 1. The van der Waals surface area contributed by atoms with Crippen LogP contribution in [-0.4, -0.2) is 22.8 Å². The van der Waals surface area contributed by atoms with E-state index in [2.05, 4.69) is 36.2 Å². The molecule has 1 aromatic carbocycles. The van der Waals surface area contributed by atoms with Gasteiger partial charge in [0.1, 0.15) is 0 Å². The Morgan fingerprint density at radius 3 is 2.50 bits per heavy atom. The summed E-state index contributed by atoms with van der Waals surface area (Å²) in [7, 11) is 1.84. The summed E-state index contributed by atoms with van der Waals surface area (Å²) in [6.07, 6.45) is 0.409. The fraction of sp³-hybridized carbons (Fsp3) is 0.333. The molecule has 0 bridgehead atoms. The Balaban J connectivity index is 2.00. The van der Waals surface area contributed by atoms with Crippen molar-refractivity contribution in [3.05, 3.63) is 49.9 Å². The van der Waals surface area contributed by atoms with Gasteiger partial charge in [0.05, 0.1) is 6.42 Å². The van der Waals surface area contributed by atoms with Gasteiger partial charge in [-0.3, -0.25) is 4.79 Å². The van der Waals surface area contributed by atoms with Crippen LogP contribution in [0.1, 0.15) is 21.7 Å². The average molecular weight is 306 g/mol. The monoisotopic (exact) mass is 306 g/mol. The molecule has 0 aliphatic rings. The molecule has 0 radical (unpaired) electrons. The van der Waals surface area contributed by atoms with Crippen molar-refractivity contribution >= 4 is 29.5 Å². The lowest BCUT2D eigenvalue weighted by Gasteiger charge is -2.17. The van der Waals surface area contributed by atoms with Crippen molar-refractivity contribution in [1.82, 2.24) is 9.88 Å². The Bertz CT molecular complexity index is 655. The minimum absolute atomic E-state index is 0.110. The number of aryl methyl sites for hydroxylation is 2. The lowest BCUT2D eigenvalue weighted by atomic mass is 10.1. The zero-order valence-electron chi connectivity index (χ0n) is 11.9. The van der Waals surface area contributed by atoms with Gasteiger partial charge in [0.25, 0.3) is 0 Å². The summed E-state index contributed by atoms with van der Waals surface area (Å²) in [5.41, 5.74) is 3.37. The molecule has 0 fully saturated rings. The molecule has 0 aliphatic heterocycles. The maximum absolute atomic E-state index is 12.2. The molecule has 0 unspecified atom stereocenters. The van der Waals surface area contributed by atoms with Crippen molar-refractivity contribution in [3.63, 3.8) is 0 Å². The average Bonchev–Trinajstić information content (AvgIpc) is 2.70. The van der Waals surface area contributed by atoms with Crippen molar-refractivity contribution in [2.45, 2.75) is 26.8 Å². The van der Waals surface area contributed by atoms with Crippen LogP contribution in [0, 0.1) is 17.8 Å².